The van der Waals surface area contributed by atoms with Gasteiger partial charge in [-0.15, -0.1) is 0 Å². The van der Waals surface area contributed by atoms with Crippen LogP contribution in [0, 0.1) is 0 Å². The summed E-state index contributed by atoms with van der Waals surface area (Å²) in [6.45, 7) is -1.36. The molecule has 3 heterocycles. The average molecular weight is 813 g/mol. The molecule has 11 N–H and O–H groups in total. The van der Waals surface area contributed by atoms with Gasteiger partial charge in [0.2, 0.25) is 5.91 Å². The Balaban J connectivity index is 2.01. The molecule has 51 heavy (non-hydrogen) atoms. The molecule has 3 aliphatic rings. The maximum absolute atomic E-state index is 12.4. The van der Waals surface area contributed by atoms with Gasteiger partial charge in [-0.25, -0.2) is 13.2 Å². The number of aliphatic hydroxyl groups is 5. The number of aliphatic hydroxyl groups excluding tert-OH is 5. The zero-order valence-corrected chi connectivity index (χ0v) is 28.3. The third-order valence-electron chi connectivity index (χ3n) is 7.40. The Morgan fingerprint density at radius 2 is 1.31 bits per heavy atom. The van der Waals surface area contributed by atoms with E-state index >= 15 is 0 Å². The number of ether oxygens (including phenoxy) is 6. The molecular formula is C21H36N2O25S3. The Morgan fingerprint density at radius 1 is 0.725 bits per heavy atom. The van der Waals surface area contributed by atoms with Crippen molar-refractivity contribution in [2.45, 2.75) is 98.9 Å². The molecule has 0 spiro atoms. The van der Waals surface area contributed by atoms with E-state index in [2.05, 4.69) is 13.7 Å². The first-order chi connectivity index (χ1) is 23.4. The van der Waals surface area contributed by atoms with Gasteiger partial charge >= 0.3 is 37.1 Å². The number of methoxy groups -OCH3 is 1. The maximum Gasteiger partial charge on any atom is 0.397 e. The molecule has 3 saturated heterocycles. The van der Waals surface area contributed by atoms with Crippen LogP contribution in [0.15, 0.2) is 0 Å². The fourth-order valence-corrected chi connectivity index (χ4v) is 6.69. The standard InChI is InChI=1S/C21H36N2O25S3/c1-5(25)22-8-11(27)10(26)7(4-42-50(35,36)37)44-20(8)46-15-13(29)16(48-51(38,39)40)21(47-17(15)18(30)31)45-14-6(3-24)43-19(41-2)9(12(14)28)23-49(32,33)34/h6-17,19-21,23-24,26-29H,3-4H2,1-2H3,(H,22,25)(H,30,31)(H,32,33,34)(H,35,36,37)(H,38,39,40)/t6-,7-,8-,9-,10-,11-,12-,13+,14-,15+,16-,17-,19+,20-,21-/m1/s1. The molecule has 0 aromatic carbocycles. The lowest BCUT2D eigenvalue weighted by Crippen LogP contribution is -2.70. The van der Waals surface area contributed by atoms with E-state index in [1.165, 1.54) is 0 Å². The molecule has 0 saturated carbocycles. The normalized spacial score (nSPS) is 39.7. The first kappa shape index (κ1) is 43.5. The van der Waals surface area contributed by atoms with Gasteiger partial charge < -0.3 is 64.4 Å². The van der Waals surface area contributed by atoms with Gasteiger partial charge in [-0.1, -0.05) is 0 Å². The van der Waals surface area contributed by atoms with E-state index in [-0.39, 0.29) is 0 Å². The van der Waals surface area contributed by atoms with Crippen molar-refractivity contribution >= 4 is 43.0 Å². The van der Waals surface area contributed by atoms with Gasteiger partial charge in [-0.05, 0) is 0 Å². The maximum atomic E-state index is 12.4. The van der Waals surface area contributed by atoms with Crippen LogP contribution in [0.1, 0.15) is 6.92 Å². The first-order valence-corrected chi connectivity index (χ1v) is 18.2. The van der Waals surface area contributed by atoms with Crippen molar-refractivity contribution in [2.24, 2.45) is 0 Å². The number of carbonyl (C=O) groups is 2. The molecule has 0 unspecified atom stereocenters. The molecular weight excluding hydrogens is 776 g/mol. The van der Waals surface area contributed by atoms with Crippen molar-refractivity contribution in [3.8, 4) is 0 Å². The molecule has 30 heteroatoms. The monoisotopic (exact) mass is 812 g/mol. The van der Waals surface area contributed by atoms with E-state index in [1.807, 2.05) is 0 Å². The lowest BCUT2D eigenvalue weighted by Gasteiger charge is -2.48. The van der Waals surface area contributed by atoms with Gasteiger partial charge in [-0.2, -0.15) is 30.0 Å². The lowest BCUT2D eigenvalue weighted by atomic mass is 9.94. The summed E-state index contributed by atoms with van der Waals surface area (Å²) in [6.07, 6.45) is -28.8. The van der Waals surface area contributed by atoms with Crippen LogP contribution in [0.5, 0.6) is 0 Å². The van der Waals surface area contributed by atoms with Crippen LogP contribution in [0.3, 0.4) is 0 Å². The van der Waals surface area contributed by atoms with Gasteiger partial charge in [0.25, 0.3) is 0 Å². The number of carbonyl (C=O) groups excluding carboxylic acids is 1. The minimum absolute atomic E-state index is 0.911. The number of carboxylic acid groups (broad SMARTS) is 1. The molecule has 0 aliphatic carbocycles. The van der Waals surface area contributed by atoms with Gasteiger partial charge in [0.05, 0.1) is 13.2 Å². The Kier molecular flexibility index (Phi) is 14.6. The Bertz CT molecular complexity index is 1550. The summed E-state index contributed by atoms with van der Waals surface area (Å²) in [6, 6.07) is -3.80. The van der Waals surface area contributed by atoms with Crippen LogP contribution in [0.25, 0.3) is 0 Å². The van der Waals surface area contributed by atoms with Crippen molar-refractivity contribution in [3.05, 3.63) is 0 Å². The Hall–Kier alpha value is -1.89. The van der Waals surface area contributed by atoms with Crippen molar-refractivity contribution in [1.82, 2.24) is 10.0 Å². The molecule has 3 fully saturated rings. The zero-order valence-electron chi connectivity index (χ0n) is 25.9. The molecule has 0 radical (unpaired) electrons. The predicted molar refractivity (Wildman–Crippen MR) is 151 cm³/mol. The number of hydrogen-bond acceptors (Lipinski definition) is 21. The third kappa shape index (κ3) is 11.5. The second-order valence-corrected chi connectivity index (χ2v) is 14.3. The first-order valence-electron chi connectivity index (χ1n) is 14.0. The fourth-order valence-electron chi connectivity index (χ4n) is 5.30. The van der Waals surface area contributed by atoms with Crippen LogP contribution < -0.4 is 10.0 Å². The number of carboxylic acids is 1. The molecule has 3 aliphatic heterocycles. The van der Waals surface area contributed by atoms with E-state index in [4.69, 9.17) is 33.0 Å². The fraction of sp³-hybridized carbons (Fsp3) is 0.905. The SMILES string of the molecule is CO[C@H]1O[C@H](CO)[C@@H](O[C@@H]2O[C@@H](C(=O)O)[C@@H](O[C@H]3O[C@H](COS(=O)(=O)O)[C@@H](O)[C@H](O)[C@H]3NC(C)=O)[C@H](O)[C@H]2OS(=O)(=O)O)[C@H](O)[C@H]1NS(=O)(=O)O. The summed E-state index contributed by atoms with van der Waals surface area (Å²) in [7, 11) is -15.0. The van der Waals surface area contributed by atoms with E-state index in [9.17, 15) is 74.6 Å². The topological polar surface area (TPSA) is 417 Å². The van der Waals surface area contributed by atoms with Gasteiger partial charge in [0, 0.05) is 14.0 Å². The number of hydrogen-bond donors (Lipinski definition) is 11. The highest BCUT2D eigenvalue weighted by molar-refractivity contribution is 7.83. The summed E-state index contributed by atoms with van der Waals surface area (Å²) >= 11 is 0. The third-order valence-corrected chi connectivity index (χ3v) is 8.87. The van der Waals surface area contributed by atoms with Crippen LogP contribution in [-0.4, -0.2) is 194 Å². The van der Waals surface area contributed by atoms with Crippen LogP contribution in [-0.2, 0) is 77.5 Å². The summed E-state index contributed by atoms with van der Waals surface area (Å²) < 4.78 is 138. The highest BCUT2D eigenvalue weighted by Crippen LogP contribution is 2.34. The molecule has 0 aromatic rings. The van der Waals surface area contributed by atoms with Gasteiger partial charge in [0.1, 0.15) is 60.9 Å². The van der Waals surface area contributed by atoms with Crippen LogP contribution >= 0.6 is 0 Å². The number of amides is 1. The van der Waals surface area contributed by atoms with Crippen molar-refractivity contribution < 1.29 is 116 Å². The number of nitrogens with one attached hydrogen (secondary N) is 2. The largest absolute Gasteiger partial charge is 0.479 e. The average Bonchev–Trinajstić information content (AvgIpc) is 2.99. The minimum Gasteiger partial charge on any atom is -0.479 e. The molecule has 1 amide bonds. The Labute approximate surface area is 288 Å². The summed E-state index contributed by atoms with van der Waals surface area (Å²) in [5.74, 6) is -2.95. The van der Waals surface area contributed by atoms with Crippen molar-refractivity contribution in [3.63, 3.8) is 0 Å². The molecule has 0 aromatic heterocycles. The number of aliphatic carboxylic acids is 1. The highest BCUT2D eigenvalue weighted by Gasteiger charge is 2.57. The quantitative estimate of drug-likeness (QED) is 0.0684. The van der Waals surface area contributed by atoms with Crippen LogP contribution in [0.2, 0.25) is 0 Å². The molecule has 15 atom stereocenters. The minimum atomic E-state index is -5.65. The summed E-state index contributed by atoms with van der Waals surface area (Å²) in [5.41, 5.74) is 0. The Morgan fingerprint density at radius 3 is 1.80 bits per heavy atom. The zero-order chi connectivity index (χ0) is 38.8. The van der Waals surface area contributed by atoms with E-state index in [1.54, 1.807) is 4.72 Å². The second-order valence-electron chi connectivity index (χ2n) is 11.0. The molecule has 0 bridgehead atoms. The molecule has 27 nitrogen and oxygen atoms in total. The smallest absolute Gasteiger partial charge is 0.397 e. The van der Waals surface area contributed by atoms with E-state index in [0.717, 1.165) is 14.0 Å². The van der Waals surface area contributed by atoms with Crippen molar-refractivity contribution in [1.29, 1.82) is 0 Å². The van der Waals surface area contributed by atoms with Gasteiger partial charge in [-0.3, -0.25) is 18.5 Å². The summed E-state index contributed by atoms with van der Waals surface area (Å²) in [5, 5.41) is 65.3. The van der Waals surface area contributed by atoms with Crippen LogP contribution in [0.4, 0.5) is 0 Å². The van der Waals surface area contributed by atoms with Gasteiger partial charge in [0.15, 0.2) is 31.1 Å². The second kappa shape index (κ2) is 17.1. The number of rotatable bonds is 15. The summed E-state index contributed by atoms with van der Waals surface area (Å²) in [4.78, 5) is 24.3. The van der Waals surface area contributed by atoms with E-state index < -0.39 is 148 Å². The highest BCUT2D eigenvalue weighted by atomic mass is 32.3. The van der Waals surface area contributed by atoms with E-state index in [0.29, 0.717) is 0 Å². The predicted octanol–water partition coefficient (Wildman–Crippen LogP) is -7.63. The molecule has 3 rings (SSSR count). The van der Waals surface area contributed by atoms with Crippen molar-refractivity contribution in [2.75, 3.05) is 20.3 Å². The molecule has 298 valence electrons. The lowest BCUT2D eigenvalue weighted by molar-refractivity contribution is -0.358.